The molecule has 3 rings (SSSR count). The van der Waals surface area contributed by atoms with Crippen LogP contribution in [0.5, 0.6) is 0 Å². The van der Waals surface area contributed by atoms with Gasteiger partial charge in [0.25, 0.3) is 5.56 Å². The van der Waals surface area contributed by atoms with Crippen molar-refractivity contribution in [3.05, 3.63) is 38.4 Å². The highest BCUT2D eigenvalue weighted by Gasteiger charge is 2.25. The standard InChI is InChI=1S/C17H22N6O3S/c1-8(12-18-9(2)21-26-12)27-13-10-11(19-15(20-13)17(3,4)5)22(6)16(25)23(7)14(10)24/h8H,1-7H3. The summed E-state index contributed by atoms with van der Waals surface area (Å²) in [6, 6.07) is 0. The van der Waals surface area contributed by atoms with Crippen molar-refractivity contribution in [2.75, 3.05) is 0 Å². The second-order valence-corrected chi connectivity index (χ2v) is 8.78. The Morgan fingerprint density at radius 1 is 1.07 bits per heavy atom. The number of aryl methyl sites for hydroxylation is 2. The maximum atomic E-state index is 12.8. The molecule has 0 radical (unpaired) electrons. The summed E-state index contributed by atoms with van der Waals surface area (Å²) in [5, 5.41) is 4.39. The summed E-state index contributed by atoms with van der Waals surface area (Å²) in [6.07, 6.45) is 0. The predicted molar refractivity (Wildman–Crippen MR) is 102 cm³/mol. The quantitative estimate of drug-likeness (QED) is 0.492. The molecular formula is C17H22N6O3S. The average Bonchev–Trinajstić information content (AvgIpc) is 3.03. The average molecular weight is 390 g/mol. The van der Waals surface area contributed by atoms with Crippen LogP contribution in [-0.2, 0) is 19.5 Å². The van der Waals surface area contributed by atoms with Crippen LogP contribution in [0.2, 0.25) is 0 Å². The molecule has 0 aliphatic carbocycles. The molecule has 3 heterocycles. The van der Waals surface area contributed by atoms with Crippen LogP contribution in [0.15, 0.2) is 19.1 Å². The van der Waals surface area contributed by atoms with Crippen LogP contribution in [-0.4, -0.2) is 29.2 Å². The van der Waals surface area contributed by atoms with E-state index < -0.39 is 11.2 Å². The fourth-order valence-corrected chi connectivity index (χ4v) is 3.51. The molecule has 0 amide bonds. The first-order valence-electron chi connectivity index (χ1n) is 8.45. The summed E-state index contributed by atoms with van der Waals surface area (Å²) in [5.74, 6) is 1.54. The zero-order valence-corrected chi connectivity index (χ0v) is 17.2. The minimum atomic E-state index is -0.428. The van der Waals surface area contributed by atoms with Gasteiger partial charge in [0.15, 0.2) is 11.5 Å². The van der Waals surface area contributed by atoms with Gasteiger partial charge in [-0.05, 0) is 13.8 Å². The molecule has 1 atom stereocenters. The highest BCUT2D eigenvalue weighted by molar-refractivity contribution is 7.99. The minimum absolute atomic E-state index is 0.223. The van der Waals surface area contributed by atoms with Crippen molar-refractivity contribution in [3.8, 4) is 0 Å². The largest absolute Gasteiger partial charge is 0.338 e. The number of fused-ring (bicyclic) bond motifs is 1. The molecular weight excluding hydrogens is 368 g/mol. The van der Waals surface area contributed by atoms with Gasteiger partial charge in [-0.1, -0.05) is 37.7 Å². The second-order valence-electron chi connectivity index (χ2n) is 7.45. The summed E-state index contributed by atoms with van der Waals surface area (Å²) in [4.78, 5) is 38.6. The van der Waals surface area contributed by atoms with Crippen molar-refractivity contribution in [3.63, 3.8) is 0 Å². The molecule has 3 aromatic rings. The van der Waals surface area contributed by atoms with Gasteiger partial charge in [-0.25, -0.2) is 14.8 Å². The Labute approximate surface area is 159 Å². The van der Waals surface area contributed by atoms with E-state index in [4.69, 9.17) is 4.52 Å². The Hall–Kier alpha value is -2.49. The zero-order chi connectivity index (χ0) is 20.1. The number of thioether (sulfide) groups is 1. The fraction of sp³-hybridized carbons (Fsp3) is 0.529. The topological polar surface area (TPSA) is 109 Å². The van der Waals surface area contributed by atoms with Gasteiger partial charge in [-0.2, -0.15) is 4.98 Å². The Kier molecular flexibility index (Phi) is 4.71. The summed E-state index contributed by atoms with van der Waals surface area (Å²) >= 11 is 1.33. The molecule has 0 bridgehead atoms. The van der Waals surface area contributed by atoms with Crippen molar-refractivity contribution in [1.29, 1.82) is 0 Å². The van der Waals surface area contributed by atoms with E-state index in [-0.39, 0.29) is 10.7 Å². The molecule has 0 saturated carbocycles. The van der Waals surface area contributed by atoms with E-state index in [9.17, 15) is 9.59 Å². The van der Waals surface area contributed by atoms with Crippen molar-refractivity contribution < 1.29 is 4.52 Å². The first-order valence-corrected chi connectivity index (χ1v) is 9.33. The van der Waals surface area contributed by atoms with E-state index in [0.717, 1.165) is 4.57 Å². The Bertz CT molecular complexity index is 1140. The summed E-state index contributed by atoms with van der Waals surface area (Å²) in [5.41, 5.74) is -0.891. The molecule has 0 N–H and O–H groups in total. The SMILES string of the molecule is Cc1noc(C(C)Sc2nc(C(C)(C)C)nc3c2c(=O)n(C)c(=O)n3C)n1. The van der Waals surface area contributed by atoms with Gasteiger partial charge in [-0.3, -0.25) is 13.9 Å². The van der Waals surface area contributed by atoms with E-state index in [1.54, 1.807) is 14.0 Å². The molecule has 3 aromatic heterocycles. The number of hydrogen-bond donors (Lipinski definition) is 0. The number of hydrogen-bond acceptors (Lipinski definition) is 8. The summed E-state index contributed by atoms with van der Waals surface area (Å²) in [6.45, 7) is 9.58. The lowest BCUT2D eigenvalue weighted by Crippen LogP contribution is -2.38. The van der Waals surface area contributed by atoms with Crippen LogP contribution >= 0.6 is 11.8 Å². The smallest absolute Gasteiger partial charge is 0.332 e. The third-order valence-electron chi connectivity index (χ3n) is 4.12. The Morgan fingerprint density at radius 2 is 1.74 bits per heavy atom. The molecule has 27 heavy (non-hydrogen) atoms. The predicted octanol–water partition coefficient (Wildman–Crippen LogP) is 1.87. The fourth-order valence-electron chi connectivity index (χ4n) is 2.55. The first kappa shape index (κ1) is 19.3. The molecule has 0 fully saturated rings. The first-order chi connectivity index (χ1) is 12.5. The van der Waals surface area contributed by atoms with E-state index in [1.807, 2.05) is 27.7 Å². The highest BCUT2D eigenvalue weighted by Crippen LogP contribution is 2.36. The lowest BCUT2D eigenvalue weighted by molar-refractivity contribution is 0.376. The van der Waals surface area contributed by atoms with Gasteiger partial charge < -0.3 is 4.52 Å². The normalized spacial score (nSPS) is 13.3. The molecule has 0 aliphatic heterocycles. The minimum Gasteiger partial charge on any atom is -0.338 e. The summed E-state index contributed by atoms with van der Waals surface area (Å²) < 4.78 is 7.68. The molecule has 9 nitrogen and oxygen atoms in total. The maximum absolute atomic E-state index is 12.8. The van der Waals surface area contributed by atoms with Gasteiger partial charge in [0, 0.05) is 19.5 Å². The Balaban J connectivity index is 2.29. The molecule has 0 aliphatic rings. The number of aromatic nitrogens is 6. The molecule has 144 valence electrons. The molecule has 1 unspecified atom stereocenters. The molecule has 10 heteroatoms. The molecule has 0 aromatic carbocycles. The number of nitrogens with zero attached hydrogens (tertiary/aromatic N) is 6. The Morgan fingerprint density at radius 3 is 2.30 bits per heavy atom. The van der Waals surface area contributed by atoms with Gasteiger partial charge in [0.2, 0.25) is 5.89 Å². The van der Waals surface area contributed by atoms with Crippen LogP contribution in [0.3, 0.4) is 0 Å². The van der Waals surface area contributed by atoms with Crippen LogP contribution in [0.4, 0.5) is 0 Å². The molecule has 0 spiro atoms. The van der Waals surface area contributed by atoms with E-state index in [1.165, 1.54) is 23.4 Å². The van der Waals surface area contributed by atoms with E-state index >= 15 is 0 Å². The van der Waals surface area contributed by atoms with Gasteiger partial charge in [0.05, 0.1) is 5.25 Å². The van der Waals surface area contributed by atoms with Crippen molar-refractivity contribution >= 4 is 22.8 Å². The van der Waals surface area contributed by atoms with Crippen LogP contribution < -0.4 is 11.2 Å². The van der Waals surface area contributed by atoms with Crippen LogP contribution in [0.25, 0.3) is 11.0 Å². The summed E-state index contributed by atoms with van der Waals surface area (Å²) in [7, 11) is 3.05. The van der Waals surface area contributed by atoms with E-state index in [2.05, 4.69) is 20.1 Å². The second kappa shape index (κ2) is 6.59. The van der Waals surface area contributed by atoms with Gasteiger partial charge in [-0.15, -0.1) is 0 Å². The highest BCUT2D eigenvalue weighted by atomic mass is 32.2. The third kappa shape index (κ3) is 3.41. The van der Waals surface area contributed by atoms with Crippen molar-refractivity contribution in [2.45, 2.75) is 50.3 Å². The van der Waals surface area contributed by atoms with Crippen molar-refractivity contribution in [1.82, 2.24) is 29.2 Å². The van der Waals surface area contributed by atoms with Gasteiger partial charge >= 0.3 is 5.69 Å². The lowest BCUT2D eigenvalue weighted by Gasteiger charge is -2.20. The van der Waals surface area contributed by atoms with Gasteiger partial charge in [0.1, 0.15) is 16.2 Å². The molecule has 0 saturated heterocycles. The van der Waals surface area contributed by atoms with E-state index in [0.29, 0.717) is 33.6 Å². The van der Waals surface area contributed by atoms with Crippen LogP contribution in [0, 0.1) is 6.92 Å². The lowest BCUT2D eigenvalue weighted by atomic mass is 9.96. The zero-order valence-electron chi connectivity index (χ0n) is 16.4. The monoisotopic (exact) mass is 390 g/mol. The van der Waals surface area contributed by atoms with Crippen molar-refractivity contribution in [2.24, 2.45) is 14.1 Å². The third-order valence-corrected chi connectivity index (χ3v) is 5.19. The maximum Gasteiger partial charge on any atom is 0.332 e. The number of rotatable bonds is 3. The van der Waals surface area contributed by atoms with Crippen LogP contribution in [0.1, 0.15) is 50.5 Å².